The fourth-order valence-electron chi connectivity index (χ4n) is 1.60. The van der Waals surface area contributed by atoms with Crippen LogP contribution in [0, 0.1) is 5.92 Å². The van der Waals surface area contributed by atoms with Crippen molar-refractivity contribution in [3.63, 3.8) is 0 Å². The van der Waals surface area contributed by atoms with Gasteiger partial charge in [-0.25, -0.2) is 0 Å². The summed E-state index contributed by atoms with van der Waals surface area (Å²) < 4.78 is 0. The Morgan fingerprint density at radius 2 is 1.94 bits per heavy atom. The topological polar surface area (TPSA) is 40.5 Å². The van der Waals surface area contributed by atoms with Crippen LogP contribution in [0.4, 0.5) is 0 Å². The van der Waals surface area contributed by atoms with Gasteiger partial charge in [0, 0.05) is 13.6 Å². The van der Waals surface area contributed by atoms with E-state index < -0.39 is 5.60 Å². The third-order valence-electron chi connectivity index (χ3n) is 2.20. The van der Waals surface area contributed by atoms with Crippen molar-refractivity contribution in [1.82, 2.24) is 4.90 Å². The van der Waals surface area contributed by atoms with Crippen molar-refractivity contribution < 1.29 is 9.90 Å². The summed E-state index contributed by atoms with van der Waals surface area (Å²) in [7, 11) is 1.76. The fraction of sp³-hybridized carbons (Fsp3) is 0.917. The van der Waals surface area contributed by atoms with Crippen LogP contribution in [-0.4, -0.2) is 46.1 Å². The predicted molar refractivity (Wildman–Crippen MR) is 70.7 cm³/mol. The number of nitrogens with zero attached hydrogens (tertiary/aromatic N) is 1. The summed E-state index contributed by atoms with van der Waals surface area (Å²) in [5.74, 6) is 1.37. The standard InChI is InChI=1S/C12H25NO2S/c1-7-16-10(9(2)3)11(14)13(6)8-12(4,5)15/h9-10,15H,7-8H2,1-6H3. The van der Waals surface area contributed by atoms with Gasteiger partial charge in [0.2, 0.25) is 5.91 Å². The molecule has 1 atom stereocenters. The van der Waals surface area contributed by atoms with Crippen LogP contribution >= 0.6 is 11.8 Å². The molecule has 0 aromatic carbocycles. The number of hydrogen-bond donors (Lipinski definition) is 1. The molecule has 0 rings (SSSR count). The Labute approximate surface area is 104 Å². The molecule has 0 spiro atoms. The smallest absolute Gasteiger partial charge is 0.235 e. The number of hydrogen-bond acceptors (Lipinski definition) is 3. The molecule has 1 amide bonds. The Morgan fingerprint density at radius 3 is 2.25 bits per heavy atom. The summed E-state index contributed by atoms with van der Waals surface area (Å²) in [5, 5.41) is 9.68. The summed E-state index contributed by atoms with van der Waals surface area (Å²) in [5.41, 5.74) is -0.831. The lowest BCUT2D eigenvalue weighted by Gasteiger charge is -2.30. The highest BCUT2D eigenvalue weighted by atomic mass is 32.2. The Kier molecular flexibility index (Phi) is 6.41. The summed E-state index contributed by atoms with van der Waals surface area (Å²) in [6, 6.07) is 0. The average Bonchev–Trinajstić information content (AvgIpc) is 2.09. The molecule has 0 radical (unpaired) electrons. The van der Waals surface area contributed by atoms with Gasteiger partial charge < -0.3 is 10.0 Å². The van der Waals surface area contributed by atoms with Crippen LogP contribution in [0.5, 0.6) is 0 Å². The maximum absolute atomic E-state index is 12.1. The molecule has 4 heteroatoms. The number of likely N-dealkylation sites (N-methyl/N-ethyl adjacent to an activating group) is 1. The van der Waals surface area contributed by atoms with Gasteiger partial charge in [-0.15, -0.1) is 11.8 Å². The number of carbonyl (C=O) groups excluding carboxylic acids is 1. The minimum absolute atomic E-state index is 0.00245. The zero-order chi connectivity index (χ0) is 12.9. The second-order valence-electron chi connectivity index (χ2n) is 5.13. The Morgan fingerprint density at radius 1 is 1.44 bits per heavy atom. The van der Waals surface area contributed by atoms with Crippen LogP contribution in [0.15, 0.2) is 0 Å². The van der Waals surface area contributed by atoms with E-state index in [0.29, 0.717) is 12.5 Å². The highest BCUT2D eigenvalue weighted by Gasteiger charge is 2.27. The first-order chi connectivity index (χ1) is 7.19. The van der Waals surface area contributed by atoms with Gasteiger partial charge in [-0.1, -0.05) is 20.8 Å². The number of amides is 1. The molecule has 1 unspecified atom stereocenters. The summed E-state index contributed by atoms with van der Waals surface area (Å²) >= 11 is 1.67. The molecular weight excluding hydrogens is 222 g/mol. The molecule has 96 valence electrons. The molecule has 0 fully saturated rings. The molecule has 0 saturated carbocycles. The number of carbonyl (C=O) groups is 1. The van der Waals surface area contributed by atoms with E-state index in [1.807, 2.05) is 0 Å². The Bertz CT molecular complexity index is 224. The lowest BCUT2D eigenvalue weighted by atomic mass is 10.1. The molecule has 0 aromatic heterocycles. The monoisotopic (exact) mass is 247 g/mol. The van der Waals surface area contributed by atoms with Crippen LogP contribution in [0.3, 0.4) is 0 Å². The second-order valence-corrected chi connectivity index (χ2v) is 6.55. The van der Waals surface area contributed by atoms with Crippen LogP contribution in [-0.2, 0) is 4.79 Å². The van der Waals surface area contributed by atoms with Gasteiger partial charge in [0.05, 0.1) is 10.9 Å². The molecule has 16 heavy (non-hydrogen) atoms. The number of thioether (sulfide) groups is 1. The molecule has 0 heterocycles. The molecular formula is C12H25NO2S. The summed E-state index contributed by atoms with van der Waals surface area (Å²) in [6.07, 6.45) is 0. The van der Waals surface area contributed by atoms with Crippen molar-refractivity contribution >= 4 is 17.7 Å². The van der Waals surface area contributed by atoms with Crippen molar-refractivity contribution in [2.24, 2.45) is 5.92 Å². The van der Waals surface area contributed by atoms with Crippen LogP contribution in [0.1, 0.15) is 34.6 Å². The van der Waals surface area contributed by atoms with E-state index in [2.05, 4.69) is 20.8 Å². The molecule has 1 N–H and O–H groups in total. The molecule has 0 bridgehead atoms. The second kappa shape index (κ2) is 6.50. The van der Waals surface area contributed by atoms with Crippen molar-refractivity contribution in [2.75, 3.05) is 19.3 Å². The summed E-state index contributed by atoms with van der Waals surface area (Å²) in [6.45, 7) is 9.98. The fourth-order valence-corrected chi connectivity index (χ4v) is 2.67. The van der Waals surface area contributed by atoms with E-state index in [0.717, 1.165) is 5.75 Å². The third-order valence-corrected chi connectivity index (χ3v) is 3.63. The molecule has 0 aliphatic carbocycles. The molecule has 0 aliphatic rings. The number of rotatable bonds is 6. The van der Waals surface area contributed by atoms with E-state index in [9.17, 15) is 9.90 Å². The third kappa shape index (κ3) is 5.75. The number of aliphatic hydroxyl groups is 1. The Hall–Kier alpha value is -0.220. The lowest BCUT2D eigenvalue weighted by Crippen LogP contribution is -2.44. The van der Waals surface area contributed by atoms with Crippen molar-refractivity contribution in [3.05, 3.63) is 0 Å². The van der Waals surface area contributed by atoms with Gasteiger partial charge in [-0.2, -0.15) is 0 Å². The highest BCUT2D eigenvalue weighted by Crippen LogP contribution is 2.21. The van der Waals surface area contributed by atoms with E-state index in [4.69, 9.17) is 0 Å². The molecule has 0 aromatic rings. The first-order valence-electron chi connectivity index (χ1n) is 5.78. The van der Waals surface area contributed by atoms with E-state index >= 15 is 0 Å². The van der Waals surface area contributed by atoms with Gasteiger partial charge in [0.1, 0.15) is 0 Å². The van der Waals surface area contributed by atoms with E-state index in [1.165, 1.54) is 0 Å². The lowest BCUT2D eigenvalue weighted by molar-refractivity contribution is -0.132. The molecule has 0 saturated heterocycles. The maximum atomic E-state index is 12.1. The maximum Gasteiger partial charge on any atom is 0.235 e. The van der Waals surface area contributed by atoms with Crippen molar-refractivity contribution in [3.8, 4) is 0 Å². The SMILES string of the molecule is CCSC(C(=O)N(C)CC(C)(C)O)C(C)C. The van der Waals surface area contributed by atoms with Crippen molar-refractivity contribution in [1.29, 1.82) is 0 Å². The van der Waals surface area contributed by atoms with Gasteiger partial charge in [0.25, 0.3) is 0 Å². The molecule has 3 nitrogen and oxygen atoms in total. The van der Waals surface area contributed by atoms with Gasteiger partial charge in [-0.3, -0.25) is 4.79 Å². The van der Waals surface area contributed by atoms with Crippen LogP contribution < -0.4 is 0 Å². The quantitative estimate of drug-likeness (QED) is 0.780. The normalized spacial score (nSPS) is 14.0. The Balaban J connectivity index is 4.49. The first kappa shape index (κ1) is 15.8. The predicted octanol–water partition coefficient (Wildman–Crippen LogP) is 1.99. The minimum atomic E-state index is -0.831. The summed E-state index contributed by atoms with van der Waals surface area (Å²) in [4.78, 5) is 13.8. The van der Waals surface area contributed by atoms with Crippen LogP contribution in [0.25, 0.3) is 0 Å². The first-order valence-corrected chi connectivity index (χ1v) is 6.83. The zero-order valence-electron chi connectivity index (χ0n) is 11.3. The highest BCUT2D eigenvalue weighted by molar-refractivity contribution is 8.00. The minimum Gasteiger partial charge on any atom is -0.389 e. The van der Waals surface area contributed by atoms with Crippen LogP contribution in [0.2, 0.25) is 0 Å². The average molecular weight is 247 g/mol. The van der Waals surface area contributed by atoms with E-state index in [-0.39, 0.29) is 11.2 Å². The molecule has 0 aliphatic heterocycles. The largest absolute Gasteiger partial charge is 0.389 e. The van der Waals surface area contributed by atoms with Gasteiger partial charge in [0.15, 0.2) is 0 Å². The van der Waals surface area contributed by atoms with Crippen molar-refractivity contribution in [2.45, 2.75) is 45.5 Å². The van der Waals surface area contributed by atoms with E-state index in [1.54, 1.807) is 37.6 Å². The van der Waals surface area contributed by atoms with Gasteiger partial charge >= 0.3 is 0 Å². The zero-order valence-corrected chi connectivity index (χ0v) is 12.1. The van der Waals surface area contributed by atoms with Gasteiger partial charge in [-0.05, 0) is 25.5 Å².